The molecule has 4 nitrogen and oxygen atoms in total. The van der Waals surface area contributed by atoms with Crippen LogP contribution >= 0.6 is 0 Å². The van der Waals surface area contributed by atoms with Crippen LogP contribution in [0, 0.1) is 13.8 Å². The lowest BCUT2D eigenvalue weighted by Gasteiger charge is -2.12. The fourth-order valence-corrected chi connectivity index (χ4v) is 1.81. The van der Waals surface area contributed by atoms with Gasteiger partial charge in [-0.1, -0.05) is 12.1 Å². The molecule has 0 fully saturated rings. The maximum absolute atomic E-state index is 4.25. The third-order valence-corrected chi connectivity index (χ3v) is 2.76. The van der Waals surface area contributed by atoms with E-state index >= 15 is 0 Å². The molecule has 2 rings (SSSR count). The number of anilines is 3. The van der Waals surface area contributed by atoms with Crippen molar-refractivity contribution in [1.29, 1.82) is 0 Å². The van der Waals surface area contributed by atoms with Crippen molar-refractivity contribution in [2.75, 3.05) is 10.6 Å². The molecule has 0 aliphatic heterocycles. The standard InChI is InChI=1S/C15H20N4/c1-10(2)18-14-8-15(17-9-16-14)19-13-7-11(3)5-6-12(13)4/h5-10H,1-4H3,(H2,16,17,18,19). The maximum Gasteiger partial charge on any atom is 0.135 e. The van der Waals surface area contributed by atoms with Crippen LogP contribution in [0.4, 0.5) is 17.3 Å². The predicted molar refractivity (Wildman–Crippen MR) is 80.0 cm³/mol. The van der Waals surface area contributed by atoms with E-state index in [9.17, 15) is 0 Å². The average molecular weight is 256 g/mol. The van der Waals surface area contributed by atoms with E-state index in [1.807, 2.05) is 6.07 Å². The quantitative estimate of drug-likeness (QED) is 0.876. The highest BCUT2D eigenvalue weighted by Crippen LogP contribution is 2.21. The first-order valence-corrected chi connectivity index (χ1v) is 6.47. The molecule has 2 N–H and O–H groups in total. The lowest BCUT2D eigenvalue weighted by atomic mass is 10.1. The molecule has 4 heteroatoms. The molecule has 0 saturated carbocycles. The minimum absolute atomic E-state index is 0.350. The van der Waals surface area contributed by atoms with Gasteiger partial charge in [0.25, 0.3) is 0 Å². The van der Waals surface area contributed by atoms with Crippen LogP contribution in [0.2, 0.25) is 0 Å². The van der Waals surface area contributed by atoms with Gasteiger partial charge >= 0.3 is 0 Å². The van der Waals surface area contributed by atoms with E-state index in [2.05, 4.69) is 66.5 Å². The van der Waals surface area contributed by atoms with Crippen molar-refractivity contribution in [2.45, 2.75) is 33.7 Å². The zero-order valence-electron chi connectivity index (χ0n) is 11.9. The molecule has 0 amide bonds. The SMILES string of the molecule is Cc1ccc(C)c(Nc2cc(NC(C)C)ncn2)c1. The molecule has 19 heavy (non-hydrogen) atoms. The van der Waals surface area contributed by atoms with Crippen LogP contribution in [0.15, 0.2) is 30.6 Å². The molecule has 0 spiro atoms. The van der Waals surface area contributed by atoms with Crippen LogP contribution < -0.4 is 10.6 Å². The van der Waals surface area contributed by atoms with Crippen LogP contribution in [0.5, 0.6) is 0 Å². The molecular formula is C15H20N4. The van der Waals surface area contributed by atoms with Gasteiger partial charge in [0.05, 0.1) is 0 Å². The van der Waals surface area contributed by atoms with Crippen LogP contribution in [-0.4, -0.2) is 16.0 Å². The van der Waals surface area contributed by atoms with Crippen LogP contribution in [0.3, 0.4) is 0 Å². The highest BCUT2D eigenvalue weighted by Gasteiger charge is 2.03. The molecule has 0 aliphatic rings. The number of rotatable bonds is 4. The topological polar surface area (TPSA) is 49.8 Å². The average Bonchev–Trinajstić information content (AvgIpc) is 2.33. The second-order valence-corrected chi connectivity index (χ2v) is 5.03. The van der Waals surface area contributed by atoms with Crippen molar-refractivity contribution in [3.63, 3.8) is 0 Å². The Kier molecular flexibility index (Phi) is 4.00. The first-order chi connectivity index (χ1) is 9.04. The Morgan fingerprint density at radius 1 is 1.00 bits per heavy atom. The summed E-state index contributed by atoms with van der Waals surface area (Å²) in [7, 11) is 0. The van der Waals surface area contributed by atoms with E-state index in [0.29, 0.717) is 6.04 Å². The predicted octanol–water partition coefficient (Wildman–Crippen LogP) is 3.66. The van der Waals surface area contributed by atoms with E-state index in [0.717, 1.165) is 17.3 Å². The summed E-state index contributed by atoms with van der Waals surface area (Å²) in [5, 5.41) is 6.60. The zero-order chi connectivity index (χ0) is 13.8. The van der Waals surface area contributed by atoms with E-state index in [1.54, 1.807) is 6.33 Å². The normalized spacial score (nSPS) is 10.6. The third-order valence-electron chi connectivity index (χ3n) is 2.76. The van der Waals surface area contributed by atoms with Gasteiger partial charge in [-0.3, -0.25) is 0 Å². The molecule has 0 aliphatic carbocycles. The van der Waals surface area contributed by atoms with Crippen molar-refractivity contribution < 1.29 is 0 Å². The van der Waals surface area contributed by atoms with Gasteiger partial charge in [0.2, 0.25) is 0 Å². The van der Waals surface area contributed by atoms with Crippen LogP contribution in [-0.2, 0) is 0 Å². The fourth-order valence-electron chi connectivity index (χ4n) is 1.81. The van der Waals surface area contributed by atoms with Crippen LogP contribution in [0.1, 0.15) is 25.0 Å². The Bertz CT molecular complexity index is 564. The molecule has 2 aromatic rings. The molecule has 100 valence electrons. The number of hydrogen-bond donors (Lipinski definition) is 2. The molecule has 0 saturated heterocycles. The summed E-state index contributed by atoms with van der Waals surface area (Å²) in [5.74, 6) is 1.63. The largest absolute Gasteiger partial charge is 0.368 e. The fraction of sp³-hybridized carbons (Fsp3) is 0.333. The molecular weight excluding hydrogens is 236 g/mol. The molecule has 0 bridgehead atoms. The number of benzene rings is 1. The van der Waals surface area contributed by atoms with Crippen LogP contribution in [0.25, 0.3) is 0 Å². The van der Waals surface area contributed by atoms with E-state index in [-0.39, 0.29) is 0 Å². The van der Waals surface area contributed by atoms with Gasteiger partial charge in [0.1, 0.15) is 18.0 Å². The minimum Gasteiger partial charge on any atom is -0.368 e. The Labute approximate surface area is 114 Å². The summed E-state index contributed by atoms with van der Waals surface area (Å²) in [6.45, 7) is 8.33. The summed E-state index contributed by atoms with van der Waals surface area (Å²) >= 11 is 0. The number of nitrogens with one attached hydrogen (secondary N) is 2. The van der Waals surface area contributed by atoms with Gasteiger partial charge in [-0.15, -0.1) is 0 Å². The molecule has 1 aromatic heterocycles. The summed E-state index contributed by atoms with van der Waals surface area (Å²) in [6.07, 6.45) is 1.57. The Morgan fingerprint density at radius 2 is 1.74 bits per heavy atom. The van der Waals surface area contributed by atoms with Gasteiger partial charge in [0, 0.05) is 17.8 Å². The monoisotopic (exact) mass is 256 g/mol. The number of hydrogen-bond acceptors (Lipinski definition) is 4. The number of aromatic nitrogens is 2. The first-order valence-electron chi connectivity index (χ1n) is 6.47. The number of nitrogens with zero attached hydrogens (tertiary/aromatic N) is 2. The van der Waals surface area contributed by atoms with Gasteiger partial charge in [0.15, 0.2) is 0 Å². The Balaban J connectivity index is 2.21. The van der Waals surface area contributed by atoms with Crippen molar-refractivity contribution in [3.8, 4) is 0 Å². The maximum atomic E-state index is 4.25. The molecule has 0 unspecified atom stereocenters. The summed E-state index contributed by atoms with van der Waals surface area (Å²) in [6, 6.07) is 8.59. The van der Waals surface area contributed by atoms with Gasteiger partial charge < -0.3 is 10.6 Å². The summed E-state index contributed by atoms with van der Waals surface area (Å²) in [4.78, 5) is 8.45. The lowest BCUT2D eigenvalue weighted by molar-refractivity contribution is 0.886. The highest BCUT2D eigenvalue weighted by molar-refractivity contribution is 5.63. The smallest absolute Gasteiger partial charge is 0.135 e. The van der Waals surface area contributed by atoms with Gasteiger partial charge in [-0.25, -0.2) is 9.97 Å². The second-order valence-electron chi connectivity index (χ2n) is 5.03. The van der Waals surface area contributed by atoms with Crippen molar-refractivity contribution in [1.82, 2.24) is 9.97 Å². The summed E-state index contributed by atoms with van der Waals surface area (Å²) < 4.78 is 0. The third kappa shape index (κ3) is 3.68. The number of aryl methyl sites for hydroxylation is 2. The minimum atomic E-state index is 0.350. The Morgan fingerprint density at radius 3 is 2.47 bits per heavy atom. The molecule has 1 aromatic carbocycles. The summed E-state index contributed by atoms with van der Waals surface area (Å²) in [5.41, 5.74) is 3.50. The van der Waals surface area contributed by atoms with Crippen molar-refractivity contribution in [3.05, 3.63) is 41.7 Å². The molecule has 0 atom stereocenters. The molecule has 1 heterocycles. The van der Waals surface area contributed by atoms with E-state index < -0.39 is 0 Å². The lowest BCUT2D eigenvalue weighted by Crippen LogP contribution is -2.11. The van der Waals surface area contributed by atoms with Gasteiger partial charge in [-0.05, 0) is 44.9 Å². The van der Waals surface area contributed by atoms with E-state index in [4.69, 9.17) is 0 Å². The van der Waals surface area contributed by atoms with E-state index in [1.165, 1.54) is 11.1 Å². The van der Waals surface area contributed by atoms with Gasteiger partial charge in [-0.2, -0.15) is 0 Å². The zero-order valence-corrected chi connectivity index (χ0v) is 11.9. The second kappa shape index (κ2) is 5.69. The molecule has 0 radical (unpaired) electrons. The Hall–Kier alpha value is -2.10. The van der Waals surface area contributed by atoms with Crippen molar-refractivity contribution in [2.24, 2.45) is 0 Å². The van der Waals surface area contributed by atoms with Crippen molar-refractivity contribution >= 4 is 17.3 Å². The highest BCUT2D eigenvalue weighted by atomic mass is 15.1. The first kappa shape index (κ1) is 13.3.